The van der Waals surface area contributed by atoms with Gasteiger partial charge in [0.2, 0.25) is 65.0 Å². The summed E-state index contributed by atoms with van der Waals surface area (Å²) in [5.41, 5.74) is -2.94. The standard InChI is InChI=1S/C66H101F4N11O11/c1-14-40(6)54-63(91)76(10)42(8)59(87)81-32-28-49(81)62(90)78(12)51(36-43-21-16-15-17-22-43)61(89)75(9)37-52(82)72-47(27-25-44-24-26-45(46(67)35-44)66(68,69)70)60(88)80-31-20-23-48(80)57(85)74-65(29-18-19-30-65)64(92)79(13)55(39(4)5)58(86)71-41(7)34-53(83)77(11)50(33-38(2)3)56(84)73-54/h24,26,35,38-43,47-51,54-55H,14-23,25,27-34,36-37H2,1-13H3,(H,71,86)(H,72,82)(H,73,84)(H,74,85)/t40-,41+,42-,47-,48-,49-,50-,51-,54-,55-/m0/s1. The maximum absolute atomic E-state index is 15.0. The fourth-order valence-corrected chi connectivity index (χ4v) is 13.9. The molecule has 3 saturated heterocycles. The van der Waals surface area contributed by atoms with Crippen molar-refractivity contribution in [2.45, 2.75) is 237 Å². The first-order chi connectivity index (χ1) is 43.1. The lowest BCUT2D eigenvalue weighted by molar-refractivity contribution is -0.160. The van der Waals surface area contributed by atoms with E-state index in [4.69, 9.17) is 0 Å². The second-order valence-electron chi connectivity index (χ2n) is 27.5. The number of halogens is 4. The number of nitrogens with one attached hydrogen (secondary N) is 4. The molecule has 2 aliphatic carbocycles. The van der Waals surface area contributed by atoms with E-state index in [2.05, 4.69) is 21.3 Å². The summed E-state index contributed by atoms with van der Waals surface area (Å²) in [6, 6.07) is -7.74. The largest absolute Gasteiger partial charge is 0.419 e. The van der Waals surface area contributed by atoms with Crippen LogP contribution >= 0.6 is 0 Å². The molecule has 11 amide bonds. The van der Waals surface area contributed by atoms with Crippen LogP contribution in [-0.4, -0.2) is 214 Å². The molecule has 1 spiro atoms. The Kier molecular flexibility index (Phi) is 25.7. The highest BCUT2D eigenvalue weighted by Gasteiger charge is 2.50. The molecule has 5 fully saturated rings. The van der Waals surface area contributed by atoms with Crippen LogP contribution < -0.4 is 21.3 Å². The third-order valence-corrected chi connectivity index (χ3v) is 19.9. The summed E-state index contributed by atoms with van der Waals surface area (Å²) < 4.78 is 55.9. The minimum atomic E-state index is -4.99. The molecule has 2 saturated carbocycles. The molecule has 4 N–H and O–H groups in total. The number of carbonyl (C=O) groups excluding carboxylic acids is 11. The zero-order chi connectivity index (χ0) is 68.4. The second-order valence-corrected chi connectivity index (χ2v) is 27.5. The van der Waals surface area contributed by atoms with Gasteiger partial charge >= 0.3 is 6.18 Å². The molecule has 0 bridgehead atoms. The molecule has 22 nitrogen and oxygen atoms in total. The van der Waals surface area contributed by atoms with Crippen LogP contribution in [-0.2, 0) is 65.3 Å². The molecule has 514 valence electrons. The minimum Gasteiger partial charge on any atom is -0.351 e. The third kappa shape index (κ3) is 17.7. The van der Waals surface area contributed by atoms with E-state index in [1.54, 1.807) is 27.7 Å². The van der Waals surface area contributed by atoms with Gasteiger partial charge in [0.25, 0.3) is 0 Å². The Bertz CT molecular complexity index is 2860. The Morgan fingerprint density at radius 3 is 1.86 bits per heavy atom. The van der Waals surface area contributed by atoms with E-state index in [0.717, 1.165) is 43.1 Å². The highest BCUT2D eigenvalue weighted by atomic mass is 19.4. The van der Waals surface area contributed by atoms with Crippen LogP contribution in [0.3, 0.4) is 0 Å². The highest BCUT2D eigenvalue weighted by molar-refractivity contribution is 6.00. The predicted molar refractivity (Wildman–Crippen MR) is 334 cm³/mol. The molecule has 3 aliphatic heterocycles. The van der Waals surface area contributed by atoms with Gasteiger partial charge < -0.3 is 55.6 Å². The van der Waals surface area contributed by atoms with E-state index in [1.165, 1.54) is 71.6 Å². The number of hydrogen-bond donors (Lipinski definition) is 4. The number of nitrogens with zero attached hydrogens (tertiary/aromatic N) is 7. The van der Waals surface area contributed by atoms with E-state index < -0.39 is 161 Å². The molecule has 0 radical (unpaired) electrons. The quantitative estimate of drug-likeness (QED) is 0.222. The van der Waals surface area contributed by atoms with Gasteiger partial charge in [-0.3, -0.25) is 52.7 Å². The average molecular weight is 1300 g/mol. The van der Waals surface area contributed by atoms with Crippen LogP contribution in [0.4, 0.5) is 17.6 Å². The van der Waals surface area contributed by atoms with E-state index in [9.17, 15) is 65.5 Å². The first-order valence-corrected chi connectivity index (χ1v) is 33.1. The van der Waals surface area contributed by atoms with Crippen molar-refractivity contribution in [3.05, 3.63) is 35.1 Å². The van der Waals surface area contributed by atoms with Crippen molar-refractivity contribution < 1.29 is 70.3 Å². The third-order valence-electron chi connectivity index (χ3n) is 19.9. The Hall–Kier alpha value is -6.89. The van der Waals surface area contributed by atoms with E-state index in [-0.39, 0.29) is 88.3 Å². The van der Waals surface area contributed by atoms with Crippen molar-refractivity contribution in [2.75, 3.05) is 54.9 Å². The zero-order valence-electron chi connectivity index (χ0n) is 56.2. The van der Waals surface area contributed by atoms with Crippen molar-refractivity contribution in [1.29, 1.82) is 0 Å². The number of alkyl halides is 3. The Morgan fingerprint density at radius 1 is 0.641 bits per heavy atom. The molecular formula is C66H101F4N11O11. The normalized spacial score (nSPS) is 28.1. The van der Waals surface area contributed by atoms with Crippen LogP contribution in [0.25, 0.3) is 0 Å². The van der Waals surface area contributed by atoms with Gasteiger partial charge in [0.1, 0.15) is 59.7 Å². The molecule has 5 aliphatic rings. The minimum absolute atomic E-state index is 0.0210. The Morgan fingerprint density at radius 2 is 1.28 bits per heavy atom. The topological polar surface area (TPSA) is 259 Å². The average Bonchev–Trinajstić information content (AvgIpc) is 1.23. The van der Waals surface area contributed by atoms with Gasteiger partial charge in [0.15, 0.2) is 0 Å². The van der Waals surface area contributed by atoms with Crippen LogP contribution in [0.1, 0.15) is 176 Å². The molecule has 3 heterocycles. The number of rotatable bonds is 10. The molecular weight excluding hydrogens is 1200 g/mol. The molecule has 0 unspecified atom stereocenters. The van der Waals surface area contributed by atoms with Gasteiger partial charge in [-0.05, 0) is 113 Å². The number of carbonyl (C=O) groups is 11. The van der Waals surface area contributed by atoms with Gasteiger partial charge in [0.05, 0.1) is 12.1 Å². The fourth-order valence-electron chi connectivity index (χ4n) is 13.9. The summed E-state index contributed by atoms with van der Waals surface area (Å²) in [4.78, 5) is 170. The van der Waals surface area contributed by atoms with Crippen molar-refractivity contribution >= 4 is 65.0 Å². The van der Waals surface area contributed by atoms with Crippen LogP contribution in [0.5, 0.6) is 0 Å². The smallest absolute Gasteiger partial charge is 0.351 e. The number of likely N-dealkylation sites (N-methyl/N-ethyl adjacent to an activating group) is 5. The van der Waals surface area contributed by atoms with Gasteiger partial charge in [-0.1, -0.05) is 99.0 Å². The summed E-state index contributed by atoms with van der Waals surface area (Å²) in [5.74, 6) is -9.40. The molecule has 6 rings (SSSR count). The van der Waals surface area contributed by atoms with E-state index in [0.29, 0.717) is 37.8 Å². The number of benzene rings is 1. The maximum Gasteiger partial charge on any atom is 0.419 e. The Labute approximate surface area is 539 Å². The first-order valence-electron chi connectivity index (χ1n) is 33.1. The van der Waals surface area contributed by atoms with Crippen LogP contribution in [0, 0.1) is 29.5 Å². The number of fused-ring (bicyclic) bond motifs is 2. The van der Waals surface area contributed by atoms with E-state index in [1.807, 2.05) is 20.8 Å². The molecule has 1 aromatic carbocycles. The first kappa shape index (κ1) is 74.2. The van der Waals surface area contributed by atoms with Crippen LogP contribution in [0.15, 0.2) is 18.2 Å². The van der Waals surface area contributed by atoms with Gasteiger partial charge in [-0.2, -0.15) is 13.2 Å². The monoisotopic (exact) mass is 1300 g/mol. The van der Waals surface area contributed by atoms with Gasteiger partial charge in [0, 0.05) is 60.8 Å². The van der Waals surface area contributed by atoms with Gasteiger partial charge in [-0.15, -0.1) is 0 Å². The van der Waals surface area contributed by atoms with Crippen molar-refractivity contribution in [1.82, 2.24) is 55.6 Å². The van der Waals surface area contributed by atoms with Crippen LogP contribution in [0.2, 0.25) is 0 Å². The summed E-state index contributed by atoms with van der Waals surface area (Å²) in [6.07, 6.45) is 1.60. The summed E-state index contributed by atoms with van der Waals surface area (Å²) in [7, 11) is 7.22. The Balaban J connectivity index is 1.38. The fraction of sp³-hybridized carbons (Fsp3) is 0.742. The molecule has 26 heteroatoms. The summed E-state index contributed by atoms with van der Waals surface area (Å²) in [5, 5.41) is 11.5. The lowest BCUT2D eigenvalue weighted by atomic mass is 9.84. The highest BCUT2D eigenvalue weighted by Crippen LogP contribution is 2.36. The number of hydrogen-bond acceptors (Lipinski definition) is 11. The second kappa shape index (κ2) is 31.8. The van der Waals surface area contributed by atoms with Crippen molar-refractivity contribution in [3.8, 4) is 0 Å². The molecule has 0 aromatic heterocycles. The lowest BCUT2D eigenvalue weighted by Gasteiger charge is -2.45. The number of amides is 11. The van der Waals surface area contributed by atoms with Gasteiger partial charge in [-0.25, -0.2) is 4.39 Å². The zero-order valence-corrected chi connectivity index (χ0v) is 56.2. The number of aryl methyl sites for hydroxylation is 1. The van der Waals surface area contributed by atoms with E-state index >= 15 is 4.79 Å². The molecule has 92 heavy (non-hydrogen) atoms. The van der Waals surface area contributed by atoms with Crippen molar-refractivity contribution in [2.24, 2.45) is 23.7 Å². The van der Waals surface area contributed by atoms with Crippen molar-refractivity contribution in [3.63, 3.8) is 0 Å². The summed E-state index contributed by atoms with van der Waals surface area (Å²) in [6.45, 7) is 13.6. The summed E-state index contributed by atoms with van der Waals surface area (Å²) >= 11 is 0. The lowest BCUT2D eigenvalue weighted by Crippen LogP contribution is -2.65. The molecule has 10 atom stereocenters. The maximum atomic E-state index is 15.0. The SMILES string of the molecule is CC[C@H](C)[C@@H]1NC(=O)[C@H](CC(C)C)N(C)C(=O)C[C@@H](C)NC(=O)[C@H](C(C)C)N(C)C(=O)C2(CCCC2)NC(=O)[C@@H]2CCCN2C(=O)[C@H](CCc2ccc(C(F)(F)F)c(F)c2)NC(=O)CN(C)C(=O)[C@H](CC2CCCCC2)N(C)C(=O)[C@@H]2CCN2C(=O)[C@H](C)N(C)C1=O. The predicted octanol–water partition coefficient (Wildman–Crippen LogP) is 5.18. The molecule has 1 aromatic rings.